The number of aromatic nitrogens is 1. The second-order valence-electron chi connectivity index (χ2n) is 4.59. The zero-order chi connectivity index (χ0) is 14.9. The Morgan fingerprint density at radius 2 is 2.00 bits per heavy atom. The van der Waals surface area contributed by atoms with Gasteiger partial charge in [-0.1, -0.05) is 29.8 Å². The molecule has 0 unspecified atom stereocenters. The number of hydrogen-bond donors (Lipinski definition) is 2. The molecule has 0 saturated carbocycles. The van der Waals surface area contributed by atoms with Crippen LogP contribution in [0, 0.1) is 0 Å². The normalized spacial score (nSPS) is 10.7. The number of aliphatic imine (C=N–C) groups is 1. The van der Waals surface area contributed by atoms with Gasteiger partial charge in [-0.15, -0.1) is 24.0 Å². The molecule has 0 spiro atoms. The van der Waals surface area contributed by atoms with Crippen molar-refractivity contribution in [2.75, 3.05) is 13.6 Å². The van der Waals surface area contributed by atoms with E-state index < -0.39 is 0 Å². The molecule has 0 amide bonds. The van der Waals surface area contributed by atoms with Crippen LogP contribution in [0.15, 0.2) is 53.8 Å². The summed E-state index contributed by atoms with van der Waals surface area (Å²) in [5.74, 6) is 0.777. The van der Waals surface area contributed by atoms with Crippen LogP contribution in [-0.2, 0) is 13.0 Å². The maximum atomic E-state index is 5.97. The average molecular weight is 431 g/mol. The SMILES string of the molecule is CN=C(NCCc1cccnc1)NCc1cccc(Cl)c1.I. The Labute approximate surface area is 153 Å². The van der Waals surface area contributed by atoms with Gasteiger partial charge in [0.15, 0.2) is 5.96 Å². The van der Waals surface area contributed by atoms with Crippen LogP contribution in [0.4, 0.5) is 0 Å². The minimum atomic E-state index is 0. The van der Waals surface area contributed by atoms with Crippen molar-refractivity contribution in [3.63, 3.8) is 0 Å². The van der Waals surface area contributed by atoms with E-state index in [0.29, 0.717) is 6.54 Å². The minimum absolute atomic E-state index is 0. The van der Waals surface area contributed by atoms with E-state index in [1.807, 2.05) is 36.5 Å². The van der Waals surface area contributed by atoms with Gasteiger partial charge >= 0.3 is 0 Å². The van der Waals surface area contributed by atoms with E-state index in [1.165, 1.54) is 5.56 Å². The Kier molecular flexibility index (Phi) is 8.84. The van der Waals surface area contributed by atoms with Crippen LogP contribution in [-0.4, -0.2) is 24.5 Å². The van der Waals surface area contributed by atoms with E-state index in [0.717, 1.165) is 29.5 Å². The number of pyridine rings is 1. The Bertz CT molecular complexity index is 590. The van der Waals surface area contributed by atoms with Gasteiger partial charge in [-0.2, -0.15) is 0 Å². The van der Waals surface area contributed by atoms with Gasteiger partial charge in [0, 0.05) is 37.6 Å². The monoisotopic (exact) mass is 430 g/mol. The third-order valence-corrected chi connectivity index (χ3v) is 3.24. The predicted octanol–water partition coefficient (Wildman–Crippen LogP) is 3.26. The van der Waals surface area contributed by atoms with E-state index in [-0.39, 0.29) is 24.0 Å². The van der Waals surface area contributed by atoms with Crippen LogP contribution >= 0.6 is 35.6 Å². The van der Waals surface area contributed by atoms with Crippen molar-refractivity contribution in [2.45, 2.75) is 13.0 Å². The number of rotatable bonds is 5. The van der Waals surface area contributed by atoms with E-state index in [4.69, 9.17) is 11.6 Å². The lowest BCUT2D eigenvalue weighted by Gasteiger charge is -2.12. The summed E-state index contributed by atoms with van der Waals surface area (Å²) in [5.41, 5.74) is 2.33. The van der Waals surface area contributed by atoms with Gasteiger partial charge in [0.2, 0.25) is 0 Å². The predicted molar refractivity (Wildman–Crippen MR) is 103 cm³/mol. The quantitative estimate of drug-likeness (QED) is 0.435. The summed E-state index contributed by atoms with van der Waals surface area (Å²) in [5, 5.41) is 7.29. The van der Waals surface area contributed by atoms with Crippen LogP contribution in [0.25, 0.3) is 0 Å². The second-order valence-corrected chi connectivity index (χ2v) is 5.03. The summed E-state index contributed by atoms with van der Waals surface area (Å²) in [6, 6.07) is 11.8. The van der Waals surface area contributed by atoms with Gasteiger partial charge in [0.05, 0.1) is 0 Å². The van der Waals surface area contributed by atoms with Gasteiger partial charge < -0.3 is 10.6 Å². The molecule has 0 aliphatic heterocycles. The van der Waals surface area contributed by atoms with Crippen molar-refractivity contribution in [1.82, 2.24) is 15.6 Å². The number of halogens is 2. The molecule has 0 radical (unpaired) electrons. The third kappa shape index (κ3) is 6.62. The molecular weight excluding hydrogens is 411 g/mol. The van der Waals surface area contributed by atoms with E-state index in [9.17, 15) is 0 Å². The standard InChI is InChI=1S/C16H19ClN4.HI/c1-18-16(20-9-7-13-5-3-8-19-11-13)21-12-14-4-2-6-15(17)10-14;/h2-6,8,10-11H,7,9,12H2,1H3,(H2,18,20,21);1H. The number of benzene rings is 1. The van der Waals surface area contributed by atoms with E-state index >= 15 is 0 Å². The van der Waals surface area contributed by atoms with Crippen molar-refractivity contribution < 1.29 is 0 Å². The number of hydrogen-bond acceptors (Lipinski definition) is 2. The van der Waals surface area contributed by atoms with Crippen LogP contribution in [0.3, 0.4) is 0 Å². The first-order valence-electron chi connectivity index (χ1n) is 6.86. The number of guanidine groups is 1. The Balaban J connectivity index is 0.00000242. The van der Waals surface area contributed by atoms with Crippen LogP contribution < -0.4 is 10.6 Å². The molecule has 2 N–H and O–H groups in total. The molecule has 1 aromatic carbocycles. The molecular formula is C16H20ClIN4. The van der Waals surface area contributed by atoms with Crippen molar-refractivity contribution in [3.8, 4) is 0 Å². The fourth-order valence-corrected chi connectivity index (χ4v) is 2.14. The summed E-state index contributed by atoms with van der Waals surface area (Å²) in [4.78, 5) is 8.30. The topological polar surface area (TPSA) is 49.3 Å². The van der Waals surface area contributed by atoms with Crippen molar-refractivity contribution in [3.05, 3.63) is 64.9 Å². The number of nitrogens with zero attached hydrogens (tertiary/aromatic N) is 2. The Morgan fingerprint density at radius 3 is 2.68 bits per heavy atom. The zero-order valence-corrected chi connectivity index (χ0v) is 15.5. The van der Waals surface area contributed by atoms with Crippen LogP contribution in [0.2, 0.25) is 5.02 Å². The molecule has 1 heterocycles. The maximum Gasteiger partial charge on any atom is 0.191 e. The summed E-state index contributed by atoms with van der Waals surface area (Å²) in [7, 11) is 1.76. The van der Waals surface area contributed by atoms with Gasteiger partial charge in [0.25, 0.3) is 0 Å². The first kappa shape index (κ1) is 18.7. The molecule has 22 heavy (non-hydrogen) atoms. The molecule has 2 aromatic rings. The number of nitrogens with one attached hydrogen (secondary N) is 2. The molecule has 6 heteroatoms. The smallest absolute Gasteiger partial charge is 0.191 e. The highest BCUT2D eigenvalue weighted by Crippen LogP contribution is 2.10. The van der Waals surface area contributed by atoms with Gasteiger partial charge in [0.1, 0.15) is 0 Å². The van der Waals surface area contributed by atoms with Crippen molar-refractivity contribution in [1.29, 1.82) is 0 Å². The molecule has 1 aromatic heterocycles. The highest BCUT2D eigenvalue weighted by molar-refractivity contribution is 14.0. The van der Waals surface area contributed by atoms with Crippen molar-refractivity contribution in [2.24, 2.45) is 4.99 Å². The molecule has 0 atom stereocenters. The largest absolute Gasteiger partial charge is 0.356 e. The minimum Gasteiger partial charge on any atom is -0.356 e. The van der Waals surface area contributed by atoms with Gasteiger partial charge in [-0.3, -0.25) is 9.98 Å². The van der Waals surface area contributed by atoms with Crippen LogP contribution in [0.5, 0.6) is 0 Å². The molecule has 0 aliphatic rings. The highest BCUT2D eigenvalue weighted by atomic mass is 127. The third-order valence-electron chi connectivity index (χ3n) is 3.00. The fourth-order valence-electron chi connectivity index (χ4n) is 1.92. The second kappa shape index (κ2) is 10.4. The van der Waals surface area contributed by atoms with Gasteiger partial charge in [-0.05, 0) is 35.7 Å². The summed E-state index contributed by atoms with van der Waals surface area (Å²) >= 11 is 5.97. The van der Waals surface area contributed by atoms with Crippen molar-refractivity contribution >= 4 is 41.5 Å². The molecule has 4 nitrogen and oxygen atoms in total. The first-order chi connectivity index (χ1) is 10.3. The molecule has 118 valence electrons. The molecule has 0 bridgehead atoms. The van der Waals surface area contributed by atoms with Gasteiger partial charge in [-0.25, -0.2) is 0 Å². The average Bonchev–Trinajstić information content (AvgIpc) is 2.52. The molecule has 2 rings (SSSR count). The Morgan fingerprint density at radius 1 is 1.18 bits per heavy atom. The highest BCUT2D eigenvalue weighted by Gasteiger charge is 1.99. The Hall–Kier alpha value is -1.34. The first-order valence-corrected chi connectivity index (χ1v) is 7.23. The van der Waals surface area contributed by atoms with E-state index in [2.05, 4.69) is 26.7 Å². The lowest BCUT2D eigenvalue weighted by atomic mass is 10.2. The molecule has 0 saturated heterocycles. The summed E-state index contributed by atoms with van der Waals surface area (Å²) < 4.78 is 0. The summed E-state index contributed by atoms with van der Waals surface area (Å²) in [6.07, 6.45) is 4.57. The maximum absolute atomic E-state index is 5.97. The summed E-state index contributed by atoms with van der Waals surface area (Å²) in [6.45, 7) is 1.49. The molecule has 0 aliphatic carbocycles. The van der Waals surface area contributed by atoms with E-state index in [1.54, 1.807) is 13.2 Å². The van der Waals surface area contributed by atoms with Crippen LogP contribution in [0.1, 0.15) is 11.1 Å². The fraction of sp³-hybridized carbons (Fsp3) is 0.250. The molecule has 0 fully saturated rings. The lowest BCUT2D eigenvalue weighted by Crippen LogP contribution is -2.37. The lowest BCUT2D eigenvalue weighted by molar-refractivity contribution is 0.793. The zero-order valence-electron chi connectivity index (χ0n) is 12.4.